The number of aliphatic carboxylic acids is 3. The molecule has 0 aliphatic carbocycles. The number of carboxylic acids is 3. The summed E-state index contributed by atoms with van der Waals surface area (Å²) < 4.78 is 1.47. The summed E-state index contributed by atoms with van der Waals surface area (Å²) in [6, 6.07) is 0. The van der Waals surface area contributed by atoms with Crippen molar-refractivity contribution in [3.63, 3.8) is 0 Å². The van der Waals surface area contributed by atoms with Crippen LogP contribution in [-0.2, 0) is 14.4 Å². The molecular weight excluding hydrogens is 719 g/mol. The van der Waals surface area contributed by atoms with Gasteiger partial charge in [-0.15, -0.1) is 0 Å². The molecule has 0 aliphatic heterocycles. The first-order chi connectivity index (χ1) is 20.8. The van der Waals surface area contributed by atoms with E-state index in [1.165, 1.54) is 78.3 Å². The van der Waals surface area contributed by atoms with Crippen molar-refractivity contribution in [3.8, 4) is 0 Å². The summed E-state index contributed by atoms with van der Waals surface area (Å²) in [7, 11) is 0. The number of unbranched alkanes of at least 4 members (excludes halogenated alkanes) is 4. The van der Waals surface area contributed by atoms with Crippen molar-refractivity contribution >= 4 is 78.3 Å². The monoisotopic (exact) mass is 790 g/mol. The molecule has 0 aliphatic rings. The van der Waals surface area contributed by atoms with Crippen molar-refractivity contribution in [1.29, 1.82) is 0 Å². The molecule has 6 atom stereocenters. The molecule has 0 rings (SSSR count). The van der Waals surface area contributed by atoms with Gasteiger partial charge >= 0.3 is 64.6 Å². The molecule has 0 bridgehead atoms. The Bertz CT molecular complexity index is 574. The van der Waals surface area contributed by atoms with E-state index in [1.54, 1.807) is 0 Å². The van der Waals surface area contributed by atoms with E-state index in [2.05, 4.69) is 86.4 Å². The molecule has 0 spiro atoms. The van der Waals surface area contributed by atoms with Crippen LogP contribution in [0.5, 0.6) is 0 Å². The predicted molar refractivity (Wildman–Crippen MR) is 202 cm³/mol. The van der Waals surface area contributed by atoms with Gasteiger partial charge in [0, 0.05) is 0 Å². The first-order valence-corrected chi connectivity index (χ1v) is 21.1. The maximum atomic E-state index is 10.5. The molecule has 0 amide bonds. The third-order valence-electron chi connectivity index (χ3n) is 7.71. The molecule has 264 valence electrons. The van der Waals surface area contributed by atoms with Gasteiger partial charge in [-0.2, -0.15) is 37.9 Å². The fourth-order valence-corrected chi connectivity index (χ4v) is 6.46. The number of hydrogen-bond donors (Lipinski definition) is 6. The van der Waals surface area contributed by atoms with Gasteiger partial charge in [-0.1, -0.05) is 119 Å². The zero-order chi connectivity index (χ0) is 34.9. The first kappa shape index (κ1) is 51.1. The van der Waals surface area contributed by atoms with Crippen LogP contribution in [0.3, 0.4) is 0 Å². The van der Waals surface area contributed by atoms with Crippen LogP contribution in [0.25, 0.3) is 0 Å². The molecule has 0 fully saturated rings. The van der Waals surface area contributed by atoms with Crippen LogP contribution in [0.1, 0.15) is 158 Å². The molecule has 0 saturated carbocycles. The van der Waals surface area contributed by atoms with Gasteiger partial charge in [0.25, 0.3) is 0 Å². The van der Waals surface area contributed by atoms with Crippen LogP contribution in [-0.4, -0.2) is 71.5 Å². The Morgan fingerprint density at radius 1 is 0.500 bits per heavy atom. The standard InChI is InChI=1S/3C10H20O2S.C4H9.Sn.H/c3*1-3-5-6-8(4-2)7-9(13)10(11)12;1-3-4-2;;/h3*8-9,13H,3-7H2,1-2H3,(H,11,12);1,3-4H2,2H3;;. The second kappa shape index (κ2) is 37.7. The van der Waals surface area contributed by atoms with E-state index in [0.29, 0.717) is 37.0 Å². The maximum absolute atomic E-state index is 10.5. The van der Waals surface area contributed by atoms with Crippen molar-refractivity contribution in [2.75, 3.05) is 0 Å². The van der Waals surface area contributed by atoms with E-state index >= 15 is 0 Å². The summed E-state index contributed by atoms with van der Waals surface area (Å²) in [4.78, 5) is 31.6. The van der Waals surface area contributed by atoms with Crippen molar-refractivity contribution in [1.82, 2.24) is 0 Å². The summed E-state index contributed by atoms with van der Waals surface area (Å²) >= 11 is 13.6. The average molecular weight is 790 g/mol. The fourth-order valence-electron chi connectivity index (χ4n) is 4.40. The second-order valence-electron chi connectivity index (χ2n) is 11.7. The Labute approximate surface area is 301 Å². The van der Waals surface area contributed by atoms with Crippen LogP contribution in [0, 0.1) is 17.8 Å². The van der Waals surface area contributed by atoms with Gasteiger partial charge in [0.1, 0.15) is 0 Å². The Hall–Kier alpha value is 0.259. The minimum atomic E-state index is -0.793. The van der Waals surface area contributed by atoms with Gasteiger partial charge in [0.05, 0.1) is 15.7 Å². The van der Waals surface area contributed by atoms with E-state index in [-0.39, 0.29) is 0 Å². The van der Waals surface area contributed by atoms with Gasteiger partial charge < -0.3 is 15.3 Å². The SMILES string of the molecule is CCCCC(CC)CC(S)C(=O)O.CCCCC(CC)CC(S)C(=O)O.CCCCC(CC)CC(S)C(=O)O.CCC[CH2][SnH]. The van der Waals surface area contributed by atoms with E-state index in [1.807, 2.05) is 0 Å². The van der Waals surface area contributed by atoms with Gasteiger partial charge in [0.2, 0.25) is 0 Å². The topological polar surface area (TPSA) is 112 Å². The molecular formula is C34H70O6S3Sn. The van der Waals surface area contributed by atoms with Crippen molar-refractivity contribution in [3.05, 3.63) is 0 Å². The van der Waals surface area contributed by atoms with E-state index in [4.69, 9.17) is 15.3 Å². The average Bonchev–Trinajstić information content (AvgIpc) is 3.00. The quantitative estimate of drug-likeness (QED) is 0.0454. The van der Waals surface area contributed by atoms with Crippen LogP contribution in [0.15, 0.2) is 0 Å². The molecule has 44 heavy (non-hydrogen) atoms. The molecule has 0 aromatic heterocycles. The molecule has 2 radical (unpaired) electrons. The second-order valence-corrected chi connectivity index (χ2v) is 15.2. The van der Waals surface area contributed by atoms with Crippen LogP contribution in [0.4, 0.5) is 0 Å². The summed E-state index contributed by atoms with van der Waals surface area (Å²) in [6.45, 7) is 15.0. The Kier molecular flexibility index (Phi) is 43.8. The van der Waals surface area contributed by atoms with E-state index in [0.717, 1.165) is 38.5 Å². The molecule has 0 saturated heterocycles. The van der Waals surface area contributed by atoms with Crippen molar-refractivity contribution in [2.45, 2.75) is 178 Å². The molecule has 0 aromatic carbocycles. The predicted octanol–water partition coefficient (Wildman–Crippen LogP) is 10.0. The molecule has 6 nitrogen and oxygen atoms in total. The zero-order valence-corrected chi connectivity index (χ0v) is 35.2. The third kappa shape index (κ3) is 36.7. The zero-order valence-electron chi connectivity index (χ0n) is 29.2. The van der Waals surface area contributed by atoms with Gasteiger partial charge in [-0.3, -0.25) is 14.4 Å². The van der Waals surface area contributed by atoms with Gasteiger partial charge in [0.15, 0.2) is 0 Å². The molecule has 0 aromatic rings. The van der Waals surface area contributed by atoms with Crippen molar-refractivity contribution < 1.29 is 29.7 Å². The summed E-state index contributed by atoms with van der Waals surface area (Å²) in [5.41, 5.74) is 0. The fraction of sp³-hybridized carbons (Fsp3) is 0.912. The summed E-state index contributed by atoms with van der Waals surface area (Å²) in [6.07, 6.45) is 18.6. The van der Waals surface area contributed by atoms with E-state index < -0.39 is 33.7 Å². The Balaban J connectivity index is -0.000000253. The van der Waals surface area contributed by atoms with Gasteiger partial charge in [-0.25, -0.2) is 0 Å². The van der Waals surface area contributed by atoms with Gasteiger partial charge in [-0.05, 0) is 37.0 Å². The number of rotatable bonds is 23. The van der Waals surface area contributed by atoms with Crippen molar-refractivity contribution in [2.24, 2.45) is 17.8 Å². The normalized spacial score (nSPS) is 14.5. The molecule has 3 N–H and O–H groups in total. The molecule has 10 heteroatoms. The van der Waals surface area contributed by atoms with E-state index in [9.17, 15) is 14.4 Å². The number of thiol groups is 3. The minimum absolute atomic E-state index is 0.484. The first-order valence-electron chi connectivity index (χ1n) is 17.2. The molecule has 6 unspecified atom stereocenters. The van der Waals surface area contributed by atoms with Crippen LogP contribution < -0.4 is 0 Å². The third-order valence-corrected chi connectivity index (χ3v) is 10.2. The van der Waals surface area contributed by atoms with Crippen LogP contribution in [0.2, 0.25) is 4.44 Å². The number of carbonyl (C=O) groups is 3. The Morgan fingerprint density at radius 3 is 0.841 bits per heavy atom. The van der Waals surface area contributed by atoms with Crippen LogP contribution >= 0.6 is 37.9 Å². The summed E-state index contributed by atoms with van der Waals surface area (Å²) in [5, 5.41) is 24.6. The number of hydrogen-bond acceptors (Lipinski definition) is 6. The molecule has 0 heterocycles. The number of carboxylic acid groups (broad SMARTS) is 3. The Morgan fingerprint density at radius 2 is 0.727 bits per heavy atom. The summed E-state index contributed by atoms with van der Waals surface area (Å²) in [5.74, 6) is -0.800.